The molecule has 0 aliphatic heterocycles. The van der Waals surface area contributed by atoms with Gasteiger partial charge in [0.2, 0.25) is 0 Å². The molecule has 1 heterocycles. The molecule has 2 aromatic rings. The molecule has 0 aliphatic carbocycles. The van der Waals surface area contributed by atoms with E-state index < -0.39 is 0 Å². The van der Waals surface area contributed by atoms with Crippen LogP contribution in [0.5, 0.6) is 0 Å². The lowest BCUT2D eigenvalue weighted by molar-refractivity contribution is 0.706. The normalized spacial score (nSPS) is 12.7. The average molecular weight is 240 g/mol. The van der Waals surface area contributed by atoms with Gasteiger partial charge in [-0.3, -0.25) is 0 Å². The fraction of sp³-hybridized carbons (Fsp3) is 0.375. The maximum Gasteiger partial charge on any atom is 0.131 e. The van der Waals surface area contributed by atoms with Gasteiger partial charge in [0.1, 0.15) is 5.82 Å². The van der Waals surface area contributed by atoms with Gasteiger partial charge in [0.25, 0.3) is 0 Å². The molecule has 0 fully saturated rings. The van der Waals surface area contributed by atoms with Crippen molar-refractivity contribution in [3.05, 3.63) is 59.7 Å². The lowest BCUT2D eigenvalue weighted by Gasteiger charge is -2.12. The maximum absolute atomic E-state index is 4.63. The highest BCUT2D eigenvalue weighted by Gasteiger charge is 2.09. The van der Waals surface area contributed by atoms with E-state index in [1.54, 1.807) is 0 Å². The van der Waals surface area contributed by atoms with Gasteiger partial charge in [0.15, 0.2) is 0 Å². The van der Waals surface area contributed by atoms with E-state index in [0.29, 0.717) is 11.8 Å². The van der Waals surface area contributed by atoms with Gasteiger partial charge in [-0.2, -0.15) is 0 Å². The lowest BCUT2D eigenvalue weighted by atomic mass is 9.96. The van der Waals surface area contributed by atoms with Crippen molar-refractivity contribution in [3.63, 3.8) is 0 Å². The van der Waals surface area contributed by atoms with Crippen molar-refractivity contribution < 1.29 is 0 Å². The van der Waals surface area contributed by atoms with Crippen molar-refractivity contribution in [2.24, 2.45) is 0 Å². The van der Waals surface area contributed by atoms with E-state index in [0.717, 1.165) is 17.9 Å². The Morgan fingerprint density at radius 3 is 2.39 bits per heavy atom. The van der Waals surface area contributed by atoms with Crippen LogP contribution in [0, 0.1) is 0 Å². The Morgan fingerprint density at radius 1 is 1.00 bits per heavy atom. The number of hydrogen-bond donors (Lipinski definition) is 0. The Kier molecular flexibility index (Phi) is 4.08. The summed E-state index contributed by atoms with van der Waals surface area (Å²) in [6.45, 7) is 6.49. The molecule has 0 saturated heterocycles. The summed E-state index contributed by atoms with van der Waals surface area (Å²) >= 11 is 0. The van der Waals surface area contributed by atoms with Crippen molar-refractivity contribution >= 4 is 0 Å². The maximum atomic E-state index is 4.63. The van der Waals surface area contributed by atoms with Gasteiger partial charge in [-0.1, -0.05) is 51.1 Å². The van der Waals surface area contributed by atoms with Crippen molar-refractivity contribution in [1.82, 2.24) is 9.97 Å². The Bertz CT molecular complexity index is 491. The minimum absolute atomic E-state index is 0.386. The monoisotopic (exact) mass is 240 g/mol. The fourth-order valence-corrected chi connectivity index (χ4v) is 2.02. The minimum atomic E-state index is 0.386. The molecule has 1 aromatic carbocycles. The Morgan fingerprint density at radius 2 is 1.72 bits per heavy atom. The predicted octanol–water partition coefficient (Wildman–Crippen LogP) is 3.95. The third kappa shape index (κ3) is 3.16. The van der Waals surface area contributed by atoms with E-state index in [1.807, 2.05) is 12.3 Å². The van der Waals surface area contributed by atoms with Crippen LogP contribution in [0.25, 0.3) is 0 Å². The third-order valence-electron chi connectivity index (χ3n) is 3.13. The predicted molar refractivity (Wildman–Crippen MR) is 74.7 cm³/mol. The van der Waals surface area contributed by atoms with Gasteiger partial charge in [-0.05, 0) is 24.0 Å². The zero-order chi connectivity index (χ0) is 13.0. The molecule has 0 bridgehead atoms. The van der Waals surface area contributed by atoms with Crippen LogP contribution in [0.15, 0.2) is 42.6 Å². The molecule has 2 rings (SSSR count). The summed E-state index contributed by atoms with van der Waals surface area (Å²) in [7, 11) is 0. The summed E-state index contributed by atoms with van der Waals surface area (Å²) in [6.07, 6.45) is 2.83. The topological polar surface area (TPSA) is 25.8 Å². The van der Waals surface area contributed by atoms with Crippen LogP contribution in [0.4, 0.5) is 0 Å². The first-order valence-electron chi connectivity index (χ1n) is 6.53. The zero-order valence-corrected chi connectivity index (χ0v) is 11.3. The molecule has 0 saturated carbocycles. The highest BCUT2D eigenvalue weighted by Crippen LogP contribution is 2.19. The van der Waals surface area contributed by atoms with Crippen LogP contribution in [0.2, 0.25) is 0 Å². The first kappa shape index (κ1) is 12.7. The SMILES string of the molecule is CC(C)c1nccc(CC(C)c2ccccc2)n1. The highest BCUT2D eigenvalue weighted by molar-refractivity contribution is 5.21. The minimum Gasteiger partial charge on any atom is -0.241 e. The number of hydrogen-bond acceptors (Lipinski definition) is 2. The number of nitrogens with zero attached hydrogens (tertiary/aromatic N) is 2. The summed E-state index contributed by atoms with van der Waals surface area (Å²) in [5, 5.41) is 0. The van der Waals surface area contributed by atoms with Crippen LogP contribution in [0.1, 0.15) is 49.7 Å². The first-order chi connectivity index (χ1) is 8.66. The number of rotatable bonds is 4. The summed E-state index contributed by atoms with van der Waals surface area (Å²) in [5.74, 6) is 1.81. The summed E-state index contributed by atoms with van der Waals surface area (Å²) in [4.78, 5) is 8.93. The second kappa shape index (κ2) is 5.76. The van der Waals surface area contributed by atoms with Gasteiger partial charge < -0.3 is 0 Å². The molecule has 1 unspecified atom stereocenters. The van der Waals surface area contributed by atoms with Crippen LogP contribution in [-0.4, -0.2) is 9.97 Å². The number of benzene rings is 1. The molecule has 0 radical (unpaired) electrons. The average Bonchev–Trinajstić information content (AvgIpc) is 2.40. The standard InChI is InChI=1S/C16H20N2/c1-12(2)16-17-10-9-15(18-16)11-13(3)14-7-5-4-6-8-14/h4-10,12-13H,11H2,1-3H3. The molecule has 0 spiro atoms. The molecular formula is C16H20N2. The van der Waals surface area contributed by atoms with Gasteiger partial charge in [0, 0.05) is 17.8 Å². The molecule has 1 aromatic heterocycles. The zero-order valence-electron chi connectivity index (χ0n) is 11.3. The molecule has 2 nitrogen and oxygen atoms in total. The van der Waals surface area contributed by atoms with E-state index in [1.165, 1.54) is 5.56 Å². The van der Waals surface area contributed by atoms with Gasteiger partial charge >= 0.3 is 0 Å². The molecule has 1 atom stereocenters. The van der Waals surface area contributed by atoms with Crippen molar-refractivity contribution in [3.8, 4) is 0 Å². The lowest BCUT2D eigenvalue weighted by Crippen LogP contribution is -2.04. The summed E-state index contributed by atoms with van der Waals surface area (Å²) < 4.78 is 0. The van der Waals surface area contributed by atoms with Crippen LogP contribution < -0.4 is 0 Å². The molecular weight excluding hydrogens is 220 g/mol. The van der Waals surface area contributed by atoms with E-state index in [2.05, 4.69) is 61.1 Å². The Hall–Kier alpha value is -1.70. The van der Waals surface area contributed by atoms with Crippen LogP contribution in [-0.2, 0) is 6.42 Å². The Labute approximate surface area is 109 Å². The van der Waals surface area contributed by atoms with E-state index in [4.69, 9.17) is 0 Å². The van der Waals surface area contributed by atoms with E-state index in [-0.39, 0.29) is 0 Å². The second-order valence-corrected chi connectivity index (χ2v) is 5.08. The molecule has 0 aliphatic rings. The van der Waals surface area contributed by atoms with Gasteiger partial charge in [0.05, 0.1) is 0 Å². The fourth-order valence-electron chi connectivity index (χ4n) is 2.02. The molecule has 2 heteroatoms. The van der Waals surface area contributed by atoms with Crippen LogP contribution in [0.3, 0.4) is 0 Å². The first-order valence-corrected chi connectivity index (χ1v) is 6.53. The molecule has 0 N–H and O–H groups in total. The third-order valence-corrected chi connectivity index (χ3v) is 3.13. The Balaban J connectivity index is 2.12. The van der Waals surface area contributed by atoms with Crippen molar-refractivity contribution in [2.45, 2.75) is 39.0 Å². The van der Waals surface area contributed by atoms with Gasteiger partial charge in [-0.15, -0.1) is 0 Å². The van der Waals surface area contributed by atoms with Crippen molar-refractivity contribution in [1.29, 1.82) is 0 Å². The van der Waals surface area contributed by atoms with Gasteiger partial charge in [-0.25, -0.2) is 9.97 Å². The van der Waals surface area contributed by atoms with E-state index >= 15 is 0 Å². The second-order valence-electron chi connectivity index (χ2n) is 5.08. The highest BCUT2D eigenvalue weighted by atomic mass is 14.9. The molecule has 94 valence electrons. The smallest absolute Gasteiger partial charge is 0.131 e. The number of aromatic nitrogens is 2. The van der Waals surface area contributed by atoms with Crippen LogP contribution >= 0.6 is 0 Å². The summed E-state index contributed by atoms with van der Waals surface area (Å²) in [5.41, 5.74) is 2.49. The molecule has 0 amide bonds. The largest absolute Gasteiger partial charge is 0.241 e. The molecule has 18 heavy (non-hydrogen) atoms. The van der Waals surface area contributed by atoms with Crippen molar-refractivity contribution in [2.75, 3.05) is 0 Å². The summed E-state index contributed by atoms with van der Waals surface area (Å²) in [6, 6.07) is 12.6. The quantitative estimate of drug-likeness (QED) is 0.808. The van der Waals surface area contributed by atoms with E-state index in [9.17, 15) is 0 Å².